The van der Waals surface area contributed by atoms with Gasteiger partial charge in [0.25, 0.3) is 5.91 Å². The van der Waals surface area contributed by atoms with Crippen molar-refractivity contribution >= 4 is 5.91 Å². The van der Waals surface area contributed by atoms with Gasteiger partial charge in [0, 0.05) is 20.3 Å². The summed E-state index contributed by atoms with van der Waals surface area (Å²) in [6.45, 7) is 1.95. The Bertz CT molecular complexity index is 263. The molecule has 60 valence electrons. The molecule has 1 amide bonds. The number of nitrogens with zero attached hydrogens (tertiary/aromatic N) is 1. The van der Waals surface area contributed by atoms with Gasteiger partial charge in [-0.1, -0.05) is 0 Å². The lowest BCUT2D eigenvalue weighted by Gasteiger charge is -2.07. The van der Waals surface area contributed by atoms with E-state index in [1.807, 2.05) is 19.2 Å². The number of H-pyrrole nitrogens is 1. The highest BCUT2D eigenvalue weighted by Crippen LogP contribution is 2.02. The topological polar surface area (TPSA) is 36.1 Å². The van der Waals surface area contributed by atoms with Crippen molar-refractivity contribution in [1.82, 2.24) is 9.88 Å². The van der Waals surface area contributed by atoms with Gasteiger partial charge in [-0.15, -0.1) is 0 Å². The van der Waals surface area contributed by atoms with Crippen molar-refractivity contribution in [2.24, 2.45) is 0 Å². The number of aromatic nitrogens is 1. The molecule has 0 aliphatic carbocycles. The van der Waals surface area contributed by atoms with Crippen molar-refractivity contribution in [3.8, 4) is 0 Å². The zero-order valence-electron chi connectivity index (χ0n) is 7.01. The SMILES string of the molecule is Cc1c[nH]c(C(=O)N(C)C)c1. The lowest BCUT2D eigenvalue weighted by atomic mass is 10.3. The Morgan fingerprint density at radius 1 is 1.55 bits per heavy atom. The minimum atomic E-state index is 0.0121. The van der Waals surface area contributed by atoms with Crippen molar-refractivity contribution in [2.75, 3.05) is 14.1 Å². The number of aromatic amines is 1. The number of carbonyl (C=O) groups excluding carboxylic acids is 1. The summed E-state index contributed by atoms with van der Waals surface area (Å²) in [6.07, 6.45) is 1.82. The quantitative estimate of drug-likeness (QED) is 0.641. The molecule has 1 heterocycles. The number of nitrogens with one attached hydrogen (secondary N) is 1. The maximum atomic E-state index is 11.3. The van der Waals surface area contributed by atoms with Crippen molar-refractivity contribution in [3.05, 3.63) is 23.5 Å². The minimum absolute atomic E-state index is 0.0121. The Morgan fingerprint density at radius 3 is 2.55 bits per heavy atom. The summed E-state index contributed by atoms with van der Waals surface area (Å²) in [4.78, 5) is 15.7. The molecular weight excluding hydrogens is 140 g/mol. The van der Waals surface area contributed by atoms with Gasteiger partial charge < -0.3 is 9.88 Å². The number of carbonyl (C=O) groups is 1. The normalized spacial score (nSPS) is 9.73. The lowest BCUT2D eigenvalue weighted by molar-refractivity contribution is 0.0822. The molecule has 1 rings (SSSR count). The van der Waals surface area contributed by atoms with E-state index in [1.165, 1.54) is 0 Å². The van der Waals surface area contributed by atoms with Crippen LogP contribution in [0.15, 0.2) is 12.3 Å². The Hall–Kier alpha value is -1.25. The molecule has 0 fully saturated rings. The van der Waals surface area contributed by atoms with Gasteiger partial charge in [-0.25, -0.2) is 0 Å². The monoisotopic (exact) mass is 152 g/mol. The van der Waals surface area contributed by atoms with E-state index in [-0.39, 0.29) is 5.91 Å². The molecular formula is C8H12N2O. The molecule has 3 nitrogen and oxygen atoms in total. The van der Waals surface area contributed by atoms with Gasteiger partial charge in [-0.2, -0.15) is 0 Å². The maximum absolute atomic E-state index is 11.3. The molecule has 11 heavy (non-hydrogen) atoms. The number of aryl methyl sites for hydroxylation is 1. The second-order valence-corrected chi connectivity index (χ2v) is 2.79. The average molecular weight is 152 g/mol. The molecule has 0 aliphatic rings. The fourth-order valence-electron chi connectivity index (χ4n) is 0.867. The van der Waals surface area contributed by atoms with E-state index >= 15 is 0 Å². The summed E-state index contributed by atoms with van der Waals surface area (Å²) in [6, 6.07) is 1.84. The summed E-state index contributed by atoms with van der Waals surface area (Å²) in [5.41, 5.74) is 1.72. The van der Waals surface area contributed by atoms with Gasteiger partial charge in [0.2, 0.25) is 0 Å². The van der Waals surface area contributed by atoms with Gasteiger partial charge in [0.1, 0.15) is 5.69 Å². The summed E-state index contributed by atoms with van der Waals surface area (Å²) >= 11 is 0. The van der Waals surface area contributed by atoms with Crippen molar-refractivity contribution in [2.45, 2.75) is 6.92 Å². The summed E-state index contributed by atoms with van der Waals surface area (Å²) in [5.74, 6) is 0.0121. The van der Waals surface area contributed by atoms with Crippen LogP contribution >= 0.6 is 0 Å². The first-order valence-electron chi connectivity index (χ1n) is 3.48. The Kier molecular flexibility index (Phi) is 1.98. The lowest BCUT2D eigenvalue weighted by Crippen LogP contribution is -2.21. The number of hydrogen-bond acceptors (Lipinski definition) is 1. The van der Waals surface area contributed by atoms with Crippen molar-refractivity contribution in [3.63, 3.8) is 0 Å². The van der Waals surface area contributed by atoms with E-state index in [9.17, 15) is 4.79 Å². The van der Waals surface area contributed by atoms with E-state index in [4.69, 9.17) is 0 Å². The summed E-state index contributed by atoms with van der Waals surface area (Å²) in [5, 5.41) is 0. The second kappa shape index (κ2) is 2.78. The summed E-state index contributed by atoms with van der Waals surface area (Å²) in [7, 11) is 3.47. The maximum Gasteiger partial charge on any atom is 0.269 e. The third kappa shape index (κ3) is 1.61. The molecule has 0 atom stereocenters. The third-order valence-electron chi connectivity index (χ3n) is 1.46. The molecule has 0 bridgehead atoms. The van der Waals surface area contributed by atoms with Gasteiger partial charge in [0.15, 0.2) is 0 Å². The molecule has 0 aromatic carbocycles. The van der Waals surface area contributed by atoms with Crippen LogP contribution in [0.3, 0.4) is 0 Å². The van der Waals surface area contributed by atoms with E-state index in [0.717, 1.165) is 5.56 Å². The molecule has 0 aliphatic heterocycles. The van der Waals surface area contributed by atoms with Gasteiger partial charge in [0.05, 0.1) is 0 Å². The molecule has 3 heteroatoms. The van der Waals surface area contributed by atoms with Crippen LogP contribution in [-0.4, -0.2) is 29.9 Å². The summed E-state index contributed by atoms with van der Waals surface area (Å²) < 4.78 is 0. The van der Waals surface area contributed by atoms with Crippen LogP contribution < -0.4 is 0 Å². The van der Waals surface area contributed by atoms with Gasteiger partial charge in [-0.05, 0) is 18.6 Å². The highest BCUT2D eigenvalue weighted by atomic mass is 16.2. The molecule has 0 saturated heterocycles. The highest BCUT2D eigenvalue weighted by molar-refractivity contribution is 5.92. The van der Waals surface area contributed by atoms with Crippen LogP contribution in [0.5, 0.6) is 0 Å². The van der Waals surface area contributed by atoms with E-state index in [2.05, 4.69) is 4.98 Å². The molecule has 1 aromatic heterocycles. The predicted octanol–water partition coefficient (Wildman–Crippen LogP) is 1.02. The molecule has 1 N–H and O–H groups in total. The predicted molar refractivity (Wildman–Crippen MR) is 43.5 cm³/mol. The molecule has 0 spiro atoms. The third-order valence-corrected chi connectivity index (χ3v) is 1.46. The molecule has 0 saturated carbocycles. The Balaban J connectivity index is 2.85. The van der Waals surface area contributed by atoms with Crippen LogP contribution in [0.1, 0.15) is 16.1 Å². The smallest absolute Gasteiger partial charge is 0.269 e. The molecule has 1 aromatic rings. The number of amides is 1. The van der Waals surface area contributed by atoms with E-state index < -0.39 is 0 Å². The van der Waals surface area contributed by atoms with Crippen LogP contribution in [-0.2, 0) is 0 Å². The fourth-order valence-corrected chi connectivity index (χ4v) is 0.867. The molecule has 0 unspecified atom stereocenters. The highest BCUT2D eigenvalue weighted by Gasteiger charge is 2.07. The van der Waals surface area contributed by atoms with Crippen molar-refractivity contribution in [1.29, 1.82) is 0 Å². The zero-order chi connectivity index (χ0) is 8.43. The second-order valence-electron chi connectivity index (χ2n) is 2.79. The first-order chi connectivity index (χ1) is 5.11. The Morgan fingerprint density at radius 2 is 2.18 bits per heavy atom. The van der Waals surface area contributed by atoms with E-state index in [0.29, 0.717) is 5.69 Å². The largest absolute Gasteiger partial charge is 0.357 e. The Labute approximate surface area is 66.0 Å². The standard InChI is InChI=1S/C8H12N2O/c1-6-4-7(9-5-6)8(11)10(2)3/h4-5,9H,1-3H3. The fraction of sp³-hybridized carbons (Fsp3) is 0.375. The first-order valence-corrected chi connectivity index (χ1v) is 3.48. The zero-order valence-corrected chi connectivity index (χ0v) is 7.01. The van der Waals surface area contributed by atoms with Crippen LogP contribution in [0, 0.1) is 6.92 Å². The van der Waals surface area contributed by atoms with Gasteiger partial charge in [-0.3, -0.25) is 4.79 Å². The van der Waals surface area contributed by atoms with Crippen molar-refractivity contribution < 1.29 is 4.79 Å². The molecule has 0 radical (unpaired) electrons. The van der Waals surface area contributed by atoms with Gasteiger partial charge >= 0.3 is 0 Å². The van der Waals surface area contributed by atoms with Crippen LogP contribution in [0.25, 0.3) is 0 Å². The van der Waals surface area contributed by atoms with Crippen LogP contribution in [0.4, 0.5) is 0 Å². The minimum Gasteiger partial charge on any atom is -0.357 e. The average Bonchev–Trinajstić information content (AvgIpc) is 2.34. The number of rotatable bonds is 1. The first kappa shape index (κ1) is 7.85. The van der Waals surface area contributed by atoms with Crippen LogP contribution in [0.2, 0.25) is 0 Å². The van der Waals surface area contributed by atoms with E-state index in [1.54, 1.807) is 19.0 Å². The number of hydrogen-bond donors (Lipinski definition) is 1.